The normalized spacial score (nSPS) is 44.2. The molecular weight excluding hydrogens is 460 g/mol. The SMILES string of the molecule is CC(=O)[C@H]1CCC2C3CC=C4C[C@@H](OS(=O)(=O)[O-])CC[C@]4(C)C3[C@@H](OS(=O)(=O)[O-])C[C@@]21C. The van der Waals surface area contributed by atoms with Crippen LogP contribution < -0.4 is 0 Å². The summed E-state index contributed by atoms with van der Waals surface area (Å²) in [5.74, 6) is -0.147. The molecule has 4 rings (SSSR count). The van der Waals surface area contributed by atoms with Crippen molar-refractivity contribution in [3.05, 3.63) is 11.6 Å². The quantitative estimate of drug-likeness (QED) is 0.321. The van der Waals surface area contributed by atoms with E-state index in [-0.39, 0.29) is 35.9 Å². The van der Waals surface area contributed by atoms with E-state index in [0.717, 1.165) is 18.4 Å². The molecule has 0 aromatic rings. The fraction of sp³-hybridized carbons (Fsp3) is 0.857. The summed E-state index contributed by atoms with van der Waals surface area (Å²) in [6.07, 6.45) is 4.04. The predicted molar refractivity (Wildman–Crippen MR) is 110 cm³/mol. The summed E-state index contributed by atoms with van der Waals surface area (Å²) < 4.78 is 78.1. The third kappa shape index (κ3) is 4.20. The molecule has 0 N–H and O–H groups in total. The zero-order chi connectivity index (χ0) is 23.7. The van der Waals surface area contributed by atoms with Gasteiger partial charge in [-0.3, -0.25) is 13.2 Å². The molecule has 3 unspecified atom stereocenters. The van der Waals surface area contributed by atoms with Crippen molar-refractivity contribution >= 4 is 26.6 Å². The Bertz CT molecular complexity index is 1030. The monoisotopic (exact) mass is 490 g/mol. The van der Waals surface area contributed by atoms with Gasteiger partial charge in [0.1, 0.15) is 5.78 Å². The Morgan fingerprint density at radius 2 is 1.72 bits per heavy atom. The molecule has 9 nitrogen and oxygen atoms in total. The number of Topliss-reactive ketones (excluding diaryl/α,β-unsaturated/α-hetero) is 1. The van der Waals surface area contributed by atoms with Crippen molar-refractivity contribution in [2.75, 3.05) is 0 Å². The van der Waals surface area contributed by atoms with E-state index < -0.39 is 43.8 Å². The standard InChI is InChI=1S/C21H32O9S2/c1-12(22)16-6-7-17-15-5-4-13-10-14(29-31(23,24)25)8-9-20(13,2)19(15)18(11-21(16,17)3)30-32(26,27)28/h4,14-19H,5-11H2,1-3H3,(H,23,24,25)(H,26,27,28)/p-2/t14-,15?,16+,17?,18-,19?,20-,21+/m0/s1. The van der Waals surface area contributed by atoms with Crippen LogP contribution in [-0.2, 0) is 34.0 Å². The van der Waals surface area contributed by atoms with Gasteiger partial charge in [0.2, 0.25) is 20.8 Å². The molecular formula is C21H30O9S2-2. The van der Waals surface area contributed by atoms with E-state index >= 15 is 0 Å². The van der Waals surface area contributed by atoms with Crippen molar-refractivity contribution in [1.29, 1.82) is 0 Å². The molecule has 3 fully saturated rings. The van der Waals surface area contributed by atoms with E-state index in [4.69, 9.17) is 8.37 Å². The van der Waals surface area contributed by atoms with Crippen LogP contribution in [-0.4, -0.2) is 43.9 Å². The van der Waals surface area contributed by atoms with E-state index in [2.05, 4.69) is 6.08 Å². The van der Waals surface area contributed by atoms with Crippen LogP contribution in [0.4, 0.5) is 0 Å². The first-order chi connectivity index (χ1) is 14.6. The largest absolute Gasteiger partial charge is 0.726 e. The van der Waals surface area contributed by atoms with Gasteiger partial charge in [-0.2, -0.15) is 0 Å². The lowest BCUT2D eigenvalue weighted by atomic mass is 9.46. The van der Waals surface area contributed by atoms with Crippen molar-refractivity contribution in [2.45, 2.75) is 77.9 Å². The summed E-state index contributed by atoms with van der Waals surface area (Å²) >= 11 is 0. The summed E-state index contributed by atoms with van der Waals surface area (Å²) in [5.41, 5.74) is -0.0400. The first kappa shape index (κ1) is 24.3. The van der Waals surface area contributed by atoms with Crippen molar-refractivity contribution in [3.8, 4) is 0 Å². The number of hydrogen-bond donors (Lipinski definition) is 0. The highest BCUT2D eigenvalue weighted by atomic mass is 32.3. The number of carbonyl (C=O) groups excluding carboxylic acids is 1. The first-order valence-electron chi connectivity index (χ1n) is 11.1. The number of rotatable bonds is 5. The van der Waals surface area contributed by atoms with Crippen LogP contribution >= 0.6 is 0 Å². The summed E-state index contributed by atoms with van der Waals surface area (Å²) in [5, 5.41) is 0. The van der Waals surface area contributed by atoms with Gasteiger partial charge in [-0.15, -0.1) is 0 Å². The van der Waals surface area contributed by atoms with Gasteiger partial charge in [-0.25, -0.2) is 16.8 Å². The van der Waals surface area contributed by atoms with E-state index in [0.29, 0.717) is 25.7 Å². The number of carbonyl (C=O) groups is 1. The fourth-order valence-electron chi connectivity index (χ4n) is 7.88. The minimum absolute atomic E-state index is 0.0410. The number of hydrogen-bond acceptors (Lipinski definition) is 9. The van der Waals surface area contributed by atoms with Crippen LogP contribution in [0.3, 0.4) is 0 Å². The Balaban J connectivity index is 1.72. The average molecular weight is 491 g/mol. The van der Waals surface area contributed by atoms with E-state index in [1.165, 1.54) is 0 Å². The minimum atomic E-state index is -4.97. The summed E-state index contributed by atoms with van der Waals surface area (Å²) in [6.45, 7) is 5.59. The molecule has 4 aliphatic rings. The highest BCUT2D eigenvalue weighted by Gasteiger charge is 2.63. The molecule has 4 aliphatic carbocycles. The second kappa shape index (κ2) is 7.84. The van der Waals surface area contributed by atoms with Gasteiger partial charge in [0, 0.05) is 5.92 Å². The maximum absolute atomic E-state index is 12.4. The molecule has 8 atom stereocenters. The van der Waals surface area contributed by atoms with Crippen LogP contribution in [0.1, 0.15) is 65.7 Å². The summed E-state index contributed by atoms with van der Waals surface area (Å²) in [6, 6.07) is 0. The molecule has 0 bridgehead atoms. The fourth-order valence-corrected chi connectivity index (χ4v) is 8.87. The smallest absolute Gasteiger partial charge is 0.217 e. The van der Waals surface area contributed by atoms with Crippen molar-refractivity contribution in [3.63, 3.8) is 0 Å². The average Bonchev–Trinajstić information content (AvgIpc) is 2.96. The van der Waals surface area contributed by atoms with Crippen molar-refractivity contribution in [2.24, 2.45) is 34.5 Å². The van der Waals surface area contributed by atoms with E-state index in [1.807, 2.05) is 13.8 Å². The van der Waals surface area contributed by atoms with Gasteiger partial charge in [0.25, 0.3) is 0 Å². The zero-order valence-corrected chi connectivity index (χ0v) is 20.1. The van der Waals surface area contributed by atoms with Crippen molar-refractivity contribution < 1.29 is 39.1 Å². The molecule has 3 saturated carbocycles. The molecule has 0 aromatic heterocycles. The Hall–Kier alpha value is -0.850. The summed E-state index contributed by atoms with van der Waals surface area (Å²) in [7, 11) is -9.79. The van der Waals surface area contributed by atoms with Crippen LogP contribution in [0.2, 0.25) is 0 Å². The Labute approximate surface area is 189 Å². The molecule has 0 aromatic carbocycles. The van der Waals surface area contributed by atoms with Crippen molar-refractivity contribution in [1.82, 2.24) is 0 Å². The van der Waals surface area contributed by atoms with Gasteiger partial charge < -0.3 is 9.11 Å². The van der Waals surface area contributed by atoms with Gasteiger partial charge in [-0.05, 0) is 80.5 Å². The molecule has 11 heteroatoms. The zero-order valence-electron chi connectivity index (χ0n) is 18.5. The van der Waals surface area contributed by atoms with E-state index in [9.17, 15) is 30.7 Å². The Kier molecular flexibility index (Phi) is 5.95. The van der Waals surface area contributed by atoms with Crippen LogP contribution in [0.5, 0.6) is 0 Å². The lowest BCUT2D eigenvalue weighted by Gasteiger charge is -2.60. The second-order valence-electron chi connectivity index (χ2n) is 10.5. The van der Waals surface area contributed by atoms with Gasteiger partial charge in [0.15, 0.2) is 0 Å². The highest BCUT2D eigenvalue weighted by molar-refractivity contribution is 7.81. The number of fused-ring (bicyclic) bond motifs is 5. The van der Waals surface area contributed by atoms with E-state index in [1.54, 1.807) is 6.92 Å². The van der Waals surface area contributed by atoms with Gasteiger partial charge in [-0.1, -0.05) is 25.5 Å². The van der Waals surface area contributed by atoms with Crippen LogP contribution in [0.15, 0.2) is 11.6 Å². The maximum Gasteiger partial charge on any atom is 0.217 e. The molecule has 0 aliphatic heterocycles. The van der Waals surface area contributed by atoms with Crippen LogP contribution in [0, 0.1) is 34.5 Å². The molecule has 182 valence electrons. The molecule has 32 heavy (non-hydrogen) atoms. The maximum atomic E-state index is 12.4. The molecule has 0 heterocycles. The molecule has 0 amide bonds. The van der Waals surface area contributed by atoms with Gasteiger partial charge in [0.05, 0.1) is 12.2 Å². The molecule has 0 saturated heterocycles. The predicted octanol–water partition coefficient (Wildman–Crippen LogP) is 2.46. The van der Waals surface area contributed by atoms with Gasteiger partial charge >= 0.3 is 0 Å². The Morgan fingerprint density at radius 3 is 2.31 bits per heavy atom. The summed E-state index contributed by atoms with van der Waals surface area (Å²) in [4.78, 5) is 12.4. The highest BCUT2D eigenvalue weighted by Crippen LogP contribution is 2.67. The topological polar surface area (TPSA) is 150 Å². The third-order valence-electron chi connectivity index (χ3n) is 8.95. The lowest BCUT2D eigenvalue weighted by Crippen LogP contribution is -2.57. The number of allylic oxidation sites excluding steroid dienone is 1. The minimum Gasteiger partial charge on any atom is -0.726 e. The second-order valence-corrected chi connectivity index (χ2v) is 12.6. The molecule has 0 spiro atoms. The third-order valence-corrected chi connectivity index (χ3v) is 9.94. The first-order valence-corrected chi connectivity index (χ1v) is 13.8. The number of ketones is 1. The van der Waals surface area contributed by atoms with Crippen LogP contribution in [0.25, 0.3) is 0 Å². The Morgan fingerprint density at radius 1 is 1.06 bits per heavy atom. The lowest BCUT2D eigenvalue weighted by molar-refractivity contribution is -0.136. The molecule has 0 radical (unpaired) electrons.